The van der Waals surface area contributed by atoms with Crippen LogP contribution in [0.5, 0.6) is 0 Å². The largest absolute Gasteiger partial charge is 0.415 e. The lowest BCUT2D eigenvalue weighted by Crippen LogP contribution is -2.54. The molecule has 0 spiro atoms. The van der Waals surface area contributed by atoms with E-state index in [0.717, 1.165) is 6.08 Å². The van der Waals surface area contributed by atoms with Crippen LogP contribution in [0.3, 0.4) is 0 Å². The van der Waals surface area contributed by atoms with E-state index < -0.39 is 17.6 Å². The lowest BCUT2D eigenvalue weighted by molar-refractivity contribution is -0.201. The maximum absolute atomic E-state index is 13.3. The molecule has 1 aromatic carbocycles. The summed E-state index contributed by atoms with van der Waals surface area (Å²) < 4.78 is 40.0. The number of fused-ring (bicyclic) bond motifs is 1. The average molecular weight is 255 g/mol. The number of aryl methyl sites for hydroxylation is 1. The minimum absolute atomic E-state index is 0.132. The van der Waals surface area contributed by atoms with Crippen LogP contribution >= 0.6 is 0 Å². The van der Waals surface area contributed by atoms with Crippen molar-refractivity contribution in [1.29, 1.82) is 0 Å². The molecule has 0 saturated heterocycles. The fourth-order valence-corrected chi connectivity index (χ4v) is 2.37. The second-order valence-electron chi connectivity index (χ2n) is 4.25. The molecule has 0 aliphatic heterocycles. The maximum Gasteiger partial charge on any atom is 0.415 e. The second-order valence-corrected chi connectivity index (χ2v) is 4.25. The van der Waals surface area contributed by atoms with Gasteiger partial charge in [0.15, 0.2) is 5.54 Å². The van der Waals surface area contributed by atoms with E-state index in [0.29, 0.717) is 12.0 Å². The Morgan fingerprint density at radius 1 is 1.39 bits per heavy atom. The molecule has 0 aromatic heterocycles. The molecular weight excluding hydrogens is 243 g/mol. The highest BCUT2D eigenvalue weighted by Crippen LogP contribution is 2.47. The molecule has 1 aromatic rings. The monoisotopic (exact) mass is 255 g/mol. The molecule has 0 bridgehead atoms. The number of nitrogens with one attached hydrogen (secondary N) is 1. The van der Waals surface area contributed by atoms with Gasteiger partial charge in [-0.25, -0.2) is 0 Å². The highest BCUT2D eigenvalue weighted by molar-refractivity contribution is 5.88. The molecule has 2 rings (SSSR count). The highest BCUT2D eigenvalue weighted by Gasteiger charge is 2.59. The molecule has 18 heavy (non-hydrogen) atoms. The van der Waals surface area contributed by atoms with Crippen molar-refractivity contribution in [2.45, 2.75) is 24.6 Å². The topological polar surface area (TPSA) is 29.1 Å². The van der Waals surface area contributed by atoms with E-state index >= 15 is 0 Å². The fraction of sp³-hybridized carbons (Fsp3) is 0.308. The van der Waals surface area contributed by atoms with Crippen LogP contribution in [-0.4, -0.2) is 12.1 Å². The number of halogens is 3. The summed E-state index contributed by atoms with van der Waals surface area (Å²) in [5, 5.41) is 2.06. The van der Waals surface area contributed by atoms with Crippen molar-refractivity contribution in [3.63, 3.8) is 0 Å². The Bertz CT molecular complexity index is 495. The van der Waals surface area contributed by atoms with Crippen LogP contribution in [-0.2, 0) is 16.8 Å². The van der Waals surface area contributed by atoms with Crippen molar-refractivity contribution in [2.75, 3.05) is 0 Å². The van der Waals surface area contributed by atoms with Crippen LogP contribution in [0.15, 0.2) is 36.9 Å². The van der Waals surface area contributed by atoms with E-state index in [1.165, 1.54) is 6.07 Å². The molecule has 0 radical (unpaired) electrons. The van der Waals surface area contributed by atoms with Gasteiger partial charge in [0, 0.05) is 0 Å². The van der Waals surface area contributed by atoms with E-state index in [4.69, 9.17) is 0 Å². The maximum atomic E-state index is 13.3. The van der Waals surface area contributed by atoms with Crippen molar-refractivity contribution in [3.8, 4) is 0 Å². The van der Waals surface area contributed by atoms with Gasteiger partial charge in [0.1, 0.15) is 0 Å². The summed E-state index contributed by atoms with van der Waals surface area (Å²) in [5.74, 6) is -0.816. The molecule has 96 valence electrons. The number of benzene rings is 1. The molecule has 0 saturated carbocycles. The van der Waals surface area contributed by atoms with E-state index in [-0.39, 0.29) is 12.0 Å². The summed E-state index contributed by atoms with van der Waals surface area (Å²) in [6.45, 7) is 3.19. The number of hydrogen-bond acceptors (Lipinski definition) is 1. The number of amides is 1. The van der Waals surface area contributed by atoms with Crippen molar-refractivity contribution in [2.24, 2.45) is 0 Å². The van der Waals surface area contributed by atoms with Crippen LogP contribution in [0.1, 0.15) is 17.5 Å². The van der Waals surface area contributed by atoms with E-state index in [2.05, 4.69) is 11.9 Å². The van der Waals surface area contributed by atoms with Gasteiger partial charge in [-0.3, -0.25) is 4.79 Å². The standard InChI is InChI=1S/C13H12F3NO/c1-2-11(18)17-12(13(14,15)16)8-7-9-5-3-4-6-10(9)12/h2-6H,1,7-8H2,(H,17,18). The molecule has 1 aliphatic rings. The number of rotatable bonds is 2. The van der Waals surface area contributed by atoms with Crippen LogP contribution in [0, 0.1) is 0 Å². The van der Waals surface area contributed by atoms with Crippen molar-refractivity contribution >= 4 is 5.91 Å². The zero-order valence-electron chi connectivity index (χ0n) is 9.55. The Balaban J connectivity index is 2.52. The van der Waals surface area contributed by atoms with Crippen molar-refractivity contribution in [3.05, 3.63) is 48.0 Å². The third-order valence-corrected chi connectivity index (χ3v) is 3.25. The summed E-state index contributed by atoms with van der Waals surface area (Å²) >= 11 is 0. The zero-order chi connectivity index (χ0) is 13.4. The summed E-state index contributed by atoms with van der Waals surface area (Å²) in [7, 11) is 0. The Hall–Kier alpha value is -1.78. The molecule has 1 unspecified atom stereocenters. The minimum Gasteiger partial charge on any atom is -0.335 e. The van der Waals surface area contributed by atoms with Gasteiger partial charge < -0.3 is 5.32 Å². The Morgan fingerprint density at radius 3 is 2.67 bits per heavy atom. The lowest BCUT2D eigenvalue weighted by Gasteiger charge is -2.33. The first-order chi connectivity index (χ1) is 8.40. The smallest absolute Gasteiger partial charge is 0.335 e. The Morgan fingerprint density at radius 2 is 2.06 bits per heavy atom. The Kier molecular flexibility index (Phi) is 2.92. The van der Waals surface area contributed by atoms with Gasteiger partial charge in [0.2, 0.25) is 5.91 Å². The third kappa shape index (κ3) is 1.79. The van der Waals surface area contributed by atoms with Crippen LogP contribution < -0.4 is 5.32 Å². The molecule has 1 amide bonds. The number of carbonyl (C=O) groups excluding carboxylic acids is 1. The fourth-order valence-electron chi connectivity index (χ4n) is 2.37. The summed E-state index contributed by atoms with van der Waals surface area (Å²) in [6.07, 6.45) is -3.55. The molecule has 0 fully saturated rings. The first kappa shape index (κ1) is 12.7. The van der Waals surface area contributed by atoms with Gasteiger partial charge in [0.05, 0.1) is 0 Å². The van der Waals surface area contributed by atoms with Gasteiger partial charge in [-0.1, -0.05) is 30.8 Å². The van der Waals surface area contributed by atoms with E-state index in [1.807, 2.05) is 0 Å². The molecule has 0 heterocycles. The minimum atomic E-state index is -4.53. The third-order valence-electron chi connectivity index (χ3n) is 3.25. The number of hydrogen-bond donors (Lipinski definition) is 1. The van der Waals surface area contributed by atoms with Gasteiger partial charge in [-0.05, 0) is 30.0 Å². The molecule has 2 nitrogen and oxygen atoms in total. The normalized spacial score (nSPS) is 22.4. The first-order valence-electron chi connectivity index (χ1n) is 5.50. The summed E-state index contributed by atoms with van der Waals surface area (Å²) in [4.78, 5) is 11.3. The SMILES string of the molecule is C=CC(=O)NC1(C(F)(F)F)CCc2ccccc21. The second kappa shape index (κ2) is 4.15. The van der Waals surface area contributed by atoms with E-state index in [1.54, 1.807) is 18.2 Å². The predicted molar refractivity (Wildman–Crippen MR) is 60.8 cm³/mol. The summed E-state index contributed by atoms with van der Waals surface area (Å²) in [5.41, 5.74) is -1.53. The van der Waals surface area contributed by atoms with Crippen LogP contribution in [0.25, 0.3) is 0 Å². The van der Waals surface area contributed by atoms with Crippen molar-refractivity contribution < 1.29 is 18.0 Å². The molecule has 5 heteroatoms. The van der Waals surface area contributed by atoms with Gasteiger partial charge in [-0.15, -0.1) is 0 Å². The molecule has 1 atom stereocenters. The Labute approximate surface area is 102 Å². The first-order valence-corrected chi connectivity index (χ1v) is 5.50. The predicted octanol–water partition coefficient (Wildman–Crippen LogP) is 2.69. The lowest BCUT2D eigenvalue weighted by atomic mass is 9.91. The molecule has 1 aliphatic carbocycles. The van der Waals surface area contributed by atoms with Gasteiger partial charge >= 0.3 is 6.18 Å². The van der Waals surface area contributed by atoms with Crippen LogP contribution in [0.4, 0.5) is 13.2 Å². The van der Waals surface area contributed by atoms with Gasteiger partial charge in [0.25, 0.3) is 0 Å². The molecular formula is C13H12F3NO. The van der Waals surface area contributed by atoms with Crippen LogP contribution in [0.2, 0.25) is 0 Å². The summed E-state index contributed by atoms with van der Waals surface area (Å²) in [6, 6.07) is 6.31. The zero-order valence-corrected chi connectivity index (χ0v) is 9.55. The number of carbonyl (C=O) groups is 1. The van der Waals surface area contributed by atoms with Gasteiger partial charge in [-0.2, -0.15) is 13.2 Å². The average Bonchev–Trinajstić information content (AvgIpc) is 2.69. The van der Waals surface area contributed by atoms with E-state index in [9.17, 15) is 18.0 Å². The molecule has 1 N–H and O–H groups in total. The number of alkyl halides is 3. The highest BCUT2D eigenvalue weighted by atomic mass is 19.4. The quantitative estimate of drug-likeness (QED) is 0.809. The van der Waals surface area contributed by atoms with Crippen molar-refractivity contribution in [1.82, 2.24) is 5.32 Å².